The zero-order chi connectivity index (χ0) is 16.7. The minimum atomic E-state index is -0.829. The molecule has 1 saturated heterocycles. The Morgan fingerprint density at radius 1 is 1.42 bits per heavy atom. The highest BCUT2D eigenvalue weighted by molar-refractivity contribution is 5.60. The number of ether oxygens (including phenoxy) is 1. The second-order valence-corrected chi connectivity index (χ2v) is 8.04. The molecule has 0 radical (unpaired) electrons. The first-order valence-corrected chi connectivity index (χ1v) is 9.08. The molecule has 5 rings (SSSR count). The van der Waals surface area contributed by atoms with Crippen molar-refractivity contribution in [1.29, 1.82) is 0 Å². The van der Waals surface area contributed by atoms with E-state index in [-0.39, 0.29) is 12.1 Å². The van der Waals surface area contributed by atoms with Crippen LogP contribution in [0.4, 0.5) is 0 Å². The van der Waals surface area contributed by atoms with E-state index in [0.717, 1.165) is 37.2 Å². The monoisotopic (exact) mass is 327 g/mol. The summed E-state index contributed by atoms with van der Waals surface area (Å²) in [6.45, 7) is 7.67. The first kappa shape index (κ1) is 14.9. The molecule has 1 aromatic rings. The van der Waals surface area contributed by atoms with Gasteiger partial charge < -0.3 is 14.9 Å². The van der Waals surface area contributed by atoms with Gasteiger partial charge in [0.2, 0.25) is 0 Å². The van der Waals surface area contributed by atoms with Crippen molar-refractivity contribution in [3.05, 3.63) is 41.5 Å². The average Bonchev–Trinajstić information content (AvgIpc) is 2.91. The Balaban J connectivity index is 1.78. The van der Waals surface area contributed by atoms with E-state index in [1.807, 2.05) is 6.08 Å². The van der Waals surface area contributed by atoms with Crippen molar-refractivity contribution in [3.8, 4) is 5.75 Å². The van der Waals surface area contributed by atoms with E-state index in [4.69, 9.17) is 4.74 Å². The van der Waals surface area contributed by atoms with Crippen LogP contribution >= 0.6 is 0 Å². The lowest BCUT2D eigenvalue weighted by molar-refractivity contribution is -0.206. The average molecular weight is 327 g/mol. The number of aliphatic hydroxyl groups excluding tert-OH is 1. The maximum atomic E-state index is 12.0. The van der Waals surface area contributed by atoms with E-state index in [9.17, 15) is 10.2 Å². The van der Waals surface area contributed by atoms with Crippen molar-refractivity contribution in [1.82, 2.24) is 4.90 Å². The van der Waals surface area contributed by atoms with Crippen LogP contribution in [0.3, 0.4) is 0 Å². The number of aliphatic hydroxyl groups is 2. The van der Waals surface area contributed by atoms with Crippen LogP contribution < -0.4 is 4.74 Å². The van der Waals surface area contributed by atoms with E-state index < -0.39 is 17.1 Å². The first-order chi connectivity index (χ1) is 11.5. The molecule has 1 spiro atoms. The van der Waals surface area contributed by atoms with Crippen LogP contribution in [-0.2, 0) is 11.8 Å². The molecular formula is C20H25NO3. The van der Waals surface area contributed by atoms with Crippen molar-refractivity contribution in [2.75, 3.05) is 13.1 Å². The number of piperidine rings is 1. The molecule has 128 valence electrons. The third kappa shape index (κ3) is 1.47. The Morgan fingerprint density at radius 2 is 2.25 bits per heavy atom. The van der Waals surface area contributed by atoms with Gasteiger partial charge in [-0.3, -0.25) is 4.90 Å². The van der Waals surface area contributed by atoms with Gasteiger partial charge in [0.15, 0.2) is 0 Å². The fraction of sp³-hybridized carbons (Fsp3) is 0.600. The predicted molar refractivity (Wildman–Crippen MR) is 91.3 cm³/mol. The summed E-state index contributed by atoms with van der Waals surface area (Å²) in [6, 6.07) is 4.39. The Kier molecular flexibility index (Phi) is 2.88. The number of rotatable bonds is 2. The molecular weight excluding hydrogens is 302 g/mol. The van der Waals surface area contributed by atoms with Crippen molar-refractivity contribution < 1.29 is 14.9 Å². The van der Waals surface area contributed by atoms with Crippen molar-refractivity contribution in [2.45, 2.75) is 61.9 Å². The van der Waals surface area contributed by atoms with Gasteiger partial charge in [0, 0.05) is 18.2 Å². The van der Waals surface area contributed by atoms with Gasteiger partial charge in [-0.1, -0.05) is 18.2 Å². The lowest BCUT2D eigenvalue weighted by Crippen LogP contribution is -2.77. The van der Waals surface area contributed by atoms with Gasteiger partial charge in [-0.2, -0.15) is 0 Å². The minimum absolute atomic E-state index is 0.0732. The molecule has 0 aromatic heterocycles. The van der Waals surface area contributed by atoms with Gasteiger partial charge in [0.25, 0.3) is 0 Å². The molecule has 1 aromatic carbocycles. The van der Waals surface area contributed by atoms with Gasteiger partial charge in [0.05, 0.1) is 17.1 Å². The minimum Gasteiger partial charge on any atom is -0.486 e. The standard InChI is InChI=1S/C20H25NO3/c1-3-9-21-10-8-19-16-13-5-4-12(2)17(16)24-18(19)14(22)6-7-20(19,23)15(21)11-13/h3-5,14-15,18,22-23H,1,6-11H2,2H3/t14-,15-,18+,19+,20-/m0/s1. The molecule has 2 N–H and O–H groups in total. The van der Waals surface area contributed by atoms with Gasteiger partial charge in [-0.25, -0.2) is 0 Å². The Bertz CT molecular complexity index is 732. The number of hydrogen-bond acceptors (Lipinski definition) is 4. The summed E-state index contributed by atoms with van der Waals surface area (Å²) in [6.07, 6.45) is 4.02. The van der Waals surface area contributed by atoms with Gasteiger partial charge in [0.1, 0.15) is 11.9 Å². The molecule has 2 heterocycles. The molecule has 5 atom stereocenters. The summed E-state index contributed by atoms with van der Waals surface area (Å²) in [4.78, 5) is 2.37. The molecule has 1 saturated carbocycles. The normalized spacial score (nSPS) is 42.4. The summed E-state index contributed by atoms with van der Waals surface area (Å²) in [5.41, 5.74) is 2.31. The predicted octanol–water partition coefficient (Wildman–Crippen LogP) is 1.70. The highest BCUT2D eigenvalue weighted by Gasteiger charge is 2.72. The molecule has 0 unspecified atom stereocenters. The molecule has 24 heavy (non-hydrogen) atoms. The summed E-state index contributed by atoms with van der Waals surface area (Å²) >= 11 is 0. The maximum Gasteiger partial charge on any atom is 0.137 e. The van der Waals surface area contributed by atoms with Crippen LogP contribution in [0.25, 0.3) is 0 Å². The number of likely N-dealkylation sites (tertiary alicyclic amines) is 1. The summed E-state index contributed by atoms with van der Waals surface area (Å²) in [7, 11) is 0. The van der Waals surface area contributed by atoms with E-state index in [1.165, 1.54) is 11.1 Å². The molecule has 4 nitrogen and oxygen atoms in total. The number of aryl methyl sites for hydroxylation is 1. The van der Waals surface area contributed by atoms with Gasteiger partial charge in [-0.05, 0) is 50.3 Å². The fourth-order valence-electron chi connectivity index (χ4n) is 6.14. The molecule has 2 aliphatic carbocycles. The highest BCUT2D eigenvalue weighted by Crippen LogP contribution is 2.64. The molecule has 2 aliphatic heterocycles. The molecule has 4 aliphatic rings. The Hall–Kier alpha value is -1.36. The third-order valence-electron chi connectivity index (χ3n) is 7.12. The topological polar surface area (TPSA) is 52.9 Å². The summed E-state index contributed by atoms with van der Waals surface area (Å²) in [5, 5.41) is 22.7. The van der Waals surface area contributed by atoms with E-state index in [1.54, 1.807) is 0 Å². The summed E-state index contributed by atoms with van der Waals surface area (Å²) in [5.74, 6) is 0.924. The number of hydrogen-bond donors (Lipinski definition) is 2. The lowest BCUT2D eigenvalue weighted by Gasteiger charge is -2.63. The molecule has 4 heteroatoms. The van der Waals surface area contributed by atoms with Crippen LogP contribution in [0.5, 0.6) is 5.75 Å². The first-order valence-electron chi connectivity index (χ1n) is 9.08. The Labute approximate surface area is 142 Å². The molecule has 2 fully saturated rings. The fourth-order valence-corrected chi connectivity index (χ4v) is 6.14. The van der Waals surface area contributed by atoms with Crippen molar-refractivity contribution in [2.24, 2.45) is 0 Å². The van der Waals surface area contributed by atoms with Gasteiger partial charge >= 0.3 is 0 Å². The van der Waals surface area contributed by atoms with Gasteiger partial charge in [-0.15, -0.1) is 6.58 Å². The SMILES string of the molecule is C=CCN1CC[C@@]23c4c5ccc(C)c4O[C@@H]2[C@@H](O)CC[C@]3(O)[C@@H]1C5. The van der Waals surface area contributed by atoms with Crippen molar-refractivity contribution >= 4 is 0 Å². The smallest absolute Gasteiger partial charge is 0.137 e. The van der Waals surface area contributed by atoms with Crippen molar-refractivity contribution in [3.63, 3.8) is 0 Å². The zero-order valence-corrected chi connectivity index (χ0v) is 14.2. The van der Waals surface area contributed by atoms with Crippen LogP contribution in [0, 0.1) is 6.92 Å². The number of nitrogens with zero attached hydrogens (tertiary/aromatic N) is 1. The van der Waals surface area contributed by atoms with Crippen LogP contribution in [0.15, 0.2) is 24.8 Å². The van der Waals surface area contributed by atoms with Crippen LogP contribution in [-0.4, -0.2) is 52.1 Å². The zero-order valence-electron chi connectivity index (χ0n) is 14.2. The second kappa shape index (κ2) is 4.63. The van der Waals surface area contributed by atoms with E-state index >= 15 is 0 Å². The molecule has 2 bridgehead atoms. The largest absolute Gasteiger partial charge is 0.486 e. The molecule has 0 amide bonds. The van der Waals surface area contributed by atoms with E-state index in [2.05, 4.69) is 30.5 Å². The Morgan fingerprint density at radius 3 is 3.04 bits per heavy atom. The highest BCUT2D eigenvalue weighted by atomic mass is 16.5. The van der Waals surface area contributed by atoms with Crippen LogP contribution in [0.1, 0.15) is 36.0 Å². The quantitative estimate of drug-likeness (QED) is 0.812. The van der Waals surface area contributed by atoms with Crippen LogP contribution in [0.2, 0.25) is 0 Å². The lowest BCUT2D eigenvalue weighted by atomic mass is 9.48. The maximum absolute atomic E-state index is 12.0. The summed E-state index contributed by atoms with van der Waals surface area (Å²) < 4.78 is 6.33. The number of benzene rings is 1. The second-order valence-electron chi connectivity index (χ2n) is 8.04. The van der Waals surface area contributed by atoms with E-state index in [0.29, 0.717) is 12.8 Å². The third-order valence-corrected chi connectivity index (χ3v) is 7.12.